The van der Waals surface area contributed by atoms with Gasteiger partial charge in [0.2, 0.25) is 0 Å². The maximum atomic E-state index is 3.54. The molecule has 84 valence electrons. The van der Waals surface area contributed by atoms with Gasteiger partial charge in [-0.1, -0.05) is 40.0 Å². The van der Waals surface area contributed by atoms with Gasteiger partial charge in [0.15, 0.2) is 0 Å². The lowest BCUT2D eigenvalue weighted by Gasteiger charge is -2.11. The van der Waals surface area contributed by atoms with Gasteiger partial charge in [-0.2, -0.15) is 0 Å². The monoisotopic (exact) mass is 197 g/mol. The SMILES string of the molecule is CCCCCC1(C)CC1CNCCC. The van der Waals surface area contributed by atoms with Crippen molar-refractivity contribution in [2.24, 2.45) is 11.3 Å². The Hall–Kier alpha value is -0.0400. The van der Waals surface area contributed by atoms with Crippen molar-refractivity contribution in [3.8, 4) is 0 Å². The molecule has 2 unspecified atom stereocenters. The van der Waals surface area contributed by atoms with E-state index in [0.717, 1.165) is 5.92 Å². The lowest BCUT2D eigenvalue weighted by atomic mass is 9.98. The topological polar surface area (TPSA) is 12.0 Å². The summed E-state index contributed by atoms with van der Waals surface area (Å²) in [6.07, 6.45) is 8.41. The van der Waals surface area contributed by atoms with E-state index in [9.17, 15) is 0 Å². The van der Waals surface area contributed by atoms with Crippen LogP contribution in [0.2, 0.25) is 0 Å². The van der Waals surface area contributed by atoms with E-state index in [2.05, 4.69) is 26.1 Å². The van der Waals surface area contributed by atoms with E-state index in [4.69, 9.17) is 0 Å². The molecule has 1 N–H and O–H groups in total. The van der Waals surface area contributed by atoms with E-state index in [0.29, 0.717) is 5.41 Å². The smallest absolute Gasteiger partial charge is 0.00151 e. The van der Waals surface area contributed by atoms with Gasteiger partial charge in [0, 0.05) is 0 Å². The Labute approximate surface area is 89.7 Å². The van der Waals surface area contributed by atoms with Crippen molar-refractivity contribution in [3.63, 3.8) is 0 Å². The van der Waals surface area contributed by atoms with Crippen LogP contribution in [0, 0.1) is 11.3 Å². The summed E-state index contributed by atoms with van der Waals surface area (Å²) >= 11 is 0. The molecule has 1 fully saturated rings. The van der Waals surface area contributed by atoms with Crippen LogP contribution in [-0.2, 0) is 0 Å². The molecule has 1 rings (SSSR count). The van der Waals surface area contributed by atoms with Gasteiger partial charge in [0.1, 0.15) is 0 Å². The standard InChI is InChI=1S/C13H27N/c1-4-6-7-8-13(3)10-12(13)11-14-9-5-2/h12,14H,4-11H2,1-3H3. The number of hydrogen-bond acceptors (Lipinski definition) is 1. The van der Waals surface area contributed by atoms with Crippen molar-refractivity contribution in [2.75, 3.05) is 13.1 Å². The molecule has 0 bridgehead atoms. The number of unbranched alkanes of at least 4 members (excludes halogenated alkanes) is 2. The highest BCUT2D eigenvalue weighted by Crippen LogP contribution is 2.55. The molecule has 2 atom stereocenters. The minimum atomic E-state index is 0.704. The van der Waals surface area contributed by atoms with Gasteiger partial charge in [-0.05, 0) is 43.7 Å². The van der Waals surface area contributed by atoms with Crippen molar-refractivity contribution in [1.29, 1.82) is 0 Å². The van der Waals surface area contributed by atoms with Crippen LogP contribution >= 0.6 is 0 Å². The fourth-order valence-electron chi connectivity index (χ4n) is 2.36. The first-order chi connectivity index (χ1) is 6.73. The van der Waals surface area contributed by atoms with Crippen LogP contribution in [-0.4, -0.2) is 13.1 Å². The van der Waals surface area contributed by atoms with Crippen LogP contribution in [0.15, 0.2) is 0 Å². The van der Waals surface area contributed by atoms with Gasteiger partial charge < -0.3 is 5.32 Å². The van der Waals surface area contributed by atoms with E-state index in [-0.39, 0.29) is 0 Å². The Morgan fingerprint density at radius 2 is 2.00 bits per heavy atom. The van der Waals surface area contributed by atoms with Crippen LogP contribution < -0.4 is 5.32 Å². The summed E-state index contributed by atoms with van der Waals surface area (Å²) in [5.74, 6) is 0.978. The van der Waals surface area contributed by atoms with Crippen molar-refractivity contribution in [2.45, 2.75) is 59.3 Å². The zero-order valence-electron chi connectivity index (χ0n) is 10.2. The minimum Gasteiger partial charge on any atom is -0.316 e. The molecule has 0 amide bonds. The van der Waals surface area contributed by atoms with Crippen molar-refractivity contribution < 1.29 is 0 Å². The Bertz CT molecular complexity index is 155. The van der Waals surface area contributed by atoms with E-state index in [1.807, 2.05) is 0 Å². The van der Waals surface area contributed by atoms with Gasteiger partial charge in [-0.15, -0.1) is 0 Å². The third-order valence-corrected chi connectivity index (χ3v) is 3.71. The first kappa shape index (κ1) is 12.0. The summed E-state index contributed by atoms with van der Waals surface area (Å²) in [4.78, 5) is 0. The zero-order chi connectivity index (χ0) is 10.4. The first-order valence-electron chi connectivity index (χ1n) is 6.43. The Kier molecular flexibility index (Phi) is 4.94. The van der Waals surface area contributed by atoms with Gasteiger partial charge in [0.25, 0.3) is 0 Å². The summed E-state index contributed by atoms with van der Waals surface area (Å²) in [6, 6.07) is 0. The van der Waals surface area contributed by atoms with Crippen molar-refractivity contribution in [3.05, 3.63) is 0 Å². The van der Waals surface area contributed by atoms with E-state index >= 15 is 0 Å². The van der Waals surface area contributed by atoms with Crippen LogP contribution in [0.25, 0.3) is 0 Å². The predicted molar refractivity (Wildman–Crippen MR) is 63.5 cm³/mol. The maximum absolute atomic E-state index is 3.54. The highest BCUT2D eigenvalue weighted by Gasteiger charge is 2.48. The Morgan fingerprint density at radius 1 is 1.21 bits per heavy atom. The van der Waals surface area contributed by atoms with Crippen molar-refractivity contribution in [1.82, 2.24) is 5.32 Å². The molecule has 1 heteroatoms. The molecule has 0 saturated heterocycles. The molecular formula is C13H27N. The second-order valence-corrected chi connectivity index (χ2v) is 5.22. The van der Waals surface area contributed by atoms with Gasteiger partial charge in [-0.3, -0.25) is 0 Å². The Balaban J connectivity index is 2.03. The molecule has 0 heterocycles. The summed E-state index contributed by atoms with van der Waals surface area (Å²) in [6.45, 7) is 9.45. The quantitative estimate of drug-likeness (QED) is 0.586. The minimum absolute atomic E-state index is 0.704. The van der Waals surface area contributed by atoms with Crippen LogP contribution in [0.1, 0.15) is 59.3 Å². The molecule has 0 radical (unpaired) electrons. The third-order valence-electron chi connectivity index (χ3n) is 3.71. The lowest BCUT2D eigenvalue weighted by Crippen LogP contribution is -2.19. The van der Waals surface area contributed by atoms with Crippen molar-refractivity contribution >= 4 is 0 Å². The molecular weight excluding hydrogens is 170 g/mol. The highest BCUT2D eigenvalue weighted by atomic mass is 14.9. The number of hydrogen-bond donors (Lipinski definition) is 1. The average Bonchev–Trinajstić information content (AvgIpc) is 2.79. The van der Waals surface area contributed by atoms with Crippen LogP contribution in [0.5, 0.6) is 0 Å². The van der Waals surface area contributed by atoms with Gasteiger partial charge in [0.05, 0.1) is 0 Å². The second kappa shape index (κ2) is 5.75. The fourth-order valence-corrected chi connectivity index (χ4v) is 2.36. The second-order valence-electron chi connectivity index (χ2n) is 5.22. The maximum Gasteiger partial charge on any atom is -0.00151 e. The van der Waals surface area contributed by atoms with E-state index < -0.39 is 0 Å². The molecule has 1 nitrogen and oxygen atoms in total. The number of rotatable bonds is 8. The first-order valence-corrected chi connectivity index (χ1v) is 6.43. The summed E-state index contributed by atoms with van der Waals surface area (Å²) in [5.41, 5.74) is 0.704. The number of nitrogens with one attached hydrogen (secondary N) is 1. The molecule has 0 aromatic rings. The molecule has 1 aliphatic rings. The molecule has 0 aromatic heterocycles. The van der Waals surface area contributed by atoms with Crippen LogP contribution in [0.4, 0.5) is 0 Å². The summed E-state index contributed by atoms with van der Waals surface area (Å²) in [5, 5.41) is 3.54. The third kappa shape index (κ3) is 3.61. The molecule has 14 heavy (non-hydrogen) atoms. The molecule has 0 spiro atoms. The van der Waals surface area contributed by atoms with Crippen LogP contribution in [0.3, 0.4) is 0 Å². The average molecular weight is 197 g/mol. The largest absolute Gasteiger partial charge is 0.316 e. The lowest BCUT2D eigenvalue weighted by molar-refractivity contribution is 0.423. The van der Waals surface area contributed by atoms with Gasteiger partial charge >= 0.3 is 0 Å². The van der Waals surface area contributed by atoms with E-state index in [1.54, 1.807) is 0 Å². The molecule has 0 aromatic carbocycles. The van der Waals surface area contributed by atoms with Gasteiger partial charge in [-0.25, -0.2) is 0 Å². The fraction of sp³-hybridized carbons (Fsp3) is 1.00. The molecule has 0 aliphatic heterocycles. The predicted octanol–water partition coefficient (Wildman–Crippen LogP) is 3.59. The van der Waals surface area contributed by atoms with E-state index in [1.165, 1.54) is 51.6 Å². The summed E-state index contributed by atoms with van der Waals surface area (Å²) < 4.78 is 0. The normalized spacial score (nSPS) is 30.6. The molecule has 1 saturated carbocycles. The zero-order valence-corrected chi connectivity index (χ0v) is 10.2. The Morgan fingerprint density at radius 3 is 2.64 bits per heavy atom. The molecule has 1 aliphatic carbocycles. The summed E-state index contributed by atoms with van der Waals surface area (Å²) in [7, 11) is 0. The highest BCUT2D eigenvalue weighted by molar-refractivity contribution is 4.99.